The molecule has 8 aromatic rings. The van der Waals surface area contributed by atoms with Crippen molar-refractivity contribution in [3.05, 3.63) is 262 Å². The van der Waals surface area contributed by atoms with E-state index >= 15 is 0 Å². The Kier molecular flexibility index (Phi) is 35.0. The van der Waals surface area contributed by atoms with Crippen molar-refractivity contribution in [2.75, 3.05) is 45.8 Å². The molecule has 6 aromatic carbocycles. The molecule has 526 valence electrons. The van der Waals surface area contributed by atoms with Crippen molar-refractivity contribution in [2.45, 2.75) is 196 Å². The molecule has 5 fully saturated rings. The monoisotopic (exact) mass is 1580 g/mol. The molecule has 0 atom stereocenters. The van der Waals surface area contributed by atoms with Gasteiger partial charge in [-0.15, -0.1) is 0 Å². The van der Waals surface area contributed by atoms with Gasteiger partial charge in [-0.2, -0.15) is 13.3 Å². The molecular weight excluding hydrogens is 1470 g/mol. The van der Waals surface area contributed by atoms with Gasteiger partial charge in [0.1, 0.15) is 0 Å². The average molecular weight is 1580 g/mol. The van der Waals surface area contributed by atoms with Crippen LogP contribution in [0, 0.1) is 96.4 Å². The second-order valence-corrected chi connectivity index (χ2v) is 41.9. The summed E-state index contributed by atoms with van der Waals surface area (Å²) in [5.74, 6) is 0. The number of anilines is 4. The maximum atomic E-state index is 5.67. The molecule has 0 bridgehead atoms. The molecule has 2 saturated heterocycles. The van der Waals surface area contributed by atoms with Crippen LogP contribution in [0.15, 0.2) is 170 Å². The van der Waals surface area contributed by atoms with Gasteiger partial charge in [-0.1, -0.05) is 102 Å². The largest absolute Gasteiger partial charge is 0.265 e. The summed E-state index contributed by atoms with van der Waals surface area (Å²) < 4.78 is 3.85. The van der Waals surface area contributed by atoms with E-state index in [1.54, 1.807) is 121 Å². The Morgan fingerprint density at radius 3 is 0.732 bits per heavy atom. The Bertz CT molecular complexity index is 3130. The van der Waals surface area contributed by atoms with E-state index in [-0.39, 0.29) is 7.92 Å². The fourth-order valence-corrected chi connectivity index (χ4v) is 24.2. The van der Waals surface area contributed by atoms with Crippen LogP contribution in [0.3, 0.4) is 0 Å². The number of aryl methyl sites for hydroxylation is 12. The third kappa shape index (κ3) is 26.7. The third-order valence-electron chi connectivity index (χ3n) is 18.8. The van der Waals surface area contributed by atoms with Gasteiger partial charge in [0.05, 0.1) is 17.0 Å². The van der Waals surface area contributed by atoms with Crippen LogP contribution in [0.1, 0.15) is 174 Å². The second kappa shape index (κ2) is 42.6. The standard InChI is InChI=1S/2C21H27N2.C18H33P.2C7H6.2C5H5N.4ClH.2Ru/c2*1-14-9-16(3)20(17(4)10-14)22-7-8-23(13-22)21-18(5)11-15(2)12-19(21)6;1-4-10-16(11-5-1)19(17-12-6-2-7-13-17)18-14-8-3-9-15-18;2*1-7-5-3-2-4-6-7;2*1-2-4-6-5-3-1;;;;;;/h2*9-13H,7-8H2,1-6H3;16-18H,1-15H2;2*1-6H;2*1-5H;4*1H;;/q2*-1;;;;;;;;;;2*+2/p-3. The zero-order valence-electron chi connectivity index (χ0n) is 60.0. The minimum absolute atomic E-state index is 0.0465. The number of aromatic nitrogens is 2. The van der Waals surface area contributed by atoms with Crippen molar-refractivity contribution in [1.29, 1.82) is 0 Å². The first kappa shape index (κ1) is 79.7. The Balaban J connectivity index is 0.000000168. The number of nitrogens with zero attached hydrogens (tertiary/aromatic N) is 6. The maximum absolute atomic E-state index is 5.67. The molecule has 13 rings (SSSR count). The predicted octanol–water partition coefficient (Wildman–Crippen LogP) is 23.9. The van der Waals surface area contributed by atoms with E-state index in [1.165, 1.54) is 106 Å². The summed E-state index contributed by atoms with van der Waals surface area (Å²) in [7, 11) is 22.6. The molecule has 0 amide bonds. The van der Waals surface area contributed by atoms with Crippen LogP contribution in [0.4, 0.5) is 22.7 Å². The fourth-order valence-electron chi connectivity index (χ4n) is 15.3. The number of hydrogen-bond acceptors (Lipinski definition) is 6. The van der Waals surface area contributed by atoms with Gasteiger partial charge < -0.3 is 19.6 Å². The SMILES string of the molecule is C1CCC([PH+](C2CCCCC2)C2CCCCC2)CC1.Cc1cc(C)c(N2[CH-]N(c3c(C)cc(C)cc3C)CC2)c(C)c1.Cc1cc(C)c(N2[CH-]N(c3c(C)cc(C)cc3C)CC2)c(C)c1.[Cl][Ru]([Cl])=[CH]c1ccccc1.[Cl][Ru]([Cl])=[CH]c1ccccc1.c1ccncc1.c1ccncc1. The molecule has 4 heterocycles. The summed E-state index contributed by atoms with van der Waals surface area (Å²) in [5, 5.41) is 0. The van der Waals surface area contributed by atoms with Gasteiger partial charge >= 0.3 is 147 Å². The van der Waals surface area contributed by atoms with E-state index in [2.05, 4.69) is 175 Å². The molecule has 3 saturated carbocycles. The Labute approximate surface area is 614 Å². The van der Waals surface area contributed by atoms with E-state index in [9.17, 15) is 0 Å². The molecule has 0 radical (unpaired) electrons. The first-order valence-electron chi connectivity index (χ1n) is 35.2. The van der Waals surface area contributed by atoms with Gasteiger partial charge in [-0.05, 0) is 229 Å². The first-order valence-corrected chi connectivity index (χ1v) is 47.9. The Hall–Kier alpha value is -4.60. The van der Waals surface area contributed by atoms with Crippen molar-refractivity contribution < 1.29 is 27.0 Å². The quantitative estimate of drug-likeness (QED) is 0.0815. The number of benzene rings is 6. The van der Waals surface area contributed by atoms with Crippen LogP contribution in [-0.2, 0) is 27.0 Å². The maximum Gasteiger partial charge on any atom is 0.0267 e. The molecule has 2 aromatic heterocycles. The molecule has 6 nitrogen and oxygen atoms in total. The van der Waals surface area contributed by atoms with Crippen LogP contribution >= 0.6 is 46.7 Å². The summed E-state index contributed by atoms with van der Waals surface area (Å²) in [6.07, 6.45) is 30.8. The van der Waals surface area contributed by atoms with Crippen LogP contribution in [0.25, 0.3) is 0 Å². The minimum atomic E-state index is -1.61. The van der Waals surface area contributed by atoms with E-state index in [0.717, 1.165) is 37.3 Å². The van der Waals surface area contributed by atoms with Crippen molar-refractivity contribution in [3.8, 4) is 0 Å². The predicted molar refractivity (Wildman–Crippen MR) is 425 cm³/mol. The Morgan fingerprint density at radius 2 is 0.546 bits per heavy atom. The van der Waals surface area contributed by atoms with Gasteiger partial charge in [0.15, 0.2) is 0 Å². The zero-order valence-corrected chi connectivity index (χ0v) is 67.5. The first-order chi connectivity index (χ1) is 46.8. The average Bonchev–Trinajstić information content (AvgIpc) is 1.78. The van der Waals surface area contributed by atoms with Gasteiger partial charge in [0.2, 0.25) is 0 Å². The molecule has 0 N–H and O–H groups in total. The number of halogens is 4. The van der Waals surface area contributed by atoms with Crippen molar-refractivity contribution in [2.24, 2.45) is 0 Å². The summed E-state index contributed by atoms with van der Waals surface area (Å²) in [4.78, 5) is 17.2. The molecule has 3 aliphatic carbocycles. The van der Waals surface area contributed by atoms with Crippen LogP contribution in [-0.4, -0.2) is 62.3 Å². The van der Waals surface area contributed by atoms with Crippen LogP contribution in [0.5, 0.6) is 0 Å². The molecule has 13 heteroatoms. The fraction of sp³-hybridized carbons (Fsp3) is 0.405. The molecule has 0 spiro atoms. The summed E-state index contributed by atoms with van der Waals surface area (Å²) in [6.45, 7) is 35.1. The van der Waals surface area contributed by atoms with Crippen LogP contribution < -0.4 is 19.6 Å². The van der Waals surface area contributed by atoms with Crippen LogP contribution in [0.2, 0.25) is 0 Å². The third-order valence-corrected chi connectivity index (χ3v) is 27.1. The number of hydrogen-bond donors (Lipinski definition) is 0. The normalized spacial score (nSPS) is 15.8. The van der Waals surface area contributed by atoms with Gasteiger partial charge in [-0.25, -0.2) is 0 Å². The van der Waals surface area contributed by atoms with Crippen molar-refractivity contribution in [1.82, 2.24) is 9.97 Å². The zero-order chi connectivity index (χ0) is 69.6. The van der Waals surface area contributed by atoms with E-state index in [4.69, 9.17) is 38.8 Å². The van der Waals surface area contributed by atoms with Gasteiger partial charge in [-0.3, -0.25) is 9.97 Å². The topological polar surface area (TPSA) is 38.7 Å². The molecule has 5 aliphatic rings. The number of pyridine rings is 2. The van der Waals surface area contributed by atoms with E-state index in [0.29, 0.717) is 0 Å². The molecular formula is C84H110Cl4N6PRu2-. The second-order valence-electron chi connectivity index (χ2n) is 27.0. The van der Waals surface area contributed by atoms with Gasteiger partial charge in [0.25, 0.3) is 0 Å². The van der Waals surface area contributed by atoms with E-state index < -0.39 is 27.0 Å². The summed E-state index contributed by atoms with van der Waals surface area (Å²) >= 11 is -3.23. The smallest absolute Gasteiger partial charge is 0.0267 e. The van der Waals surface area contributed by atoms with E-state index in [1.807, 2.05) is 106 Å². The Morgan fingerprint density at radius 1 is 0.330 bits per heavy atom. The molecule has 2 aliphatic heterocycles. The molecule has 97 heavy (non-hydrogen) atoms. The molecule has 0 unspecified atom stereocenters. The number of rotatable bonds is 9. The van der Waals surface area contributed by atoms with Crippen molar-refractivity contribution >= 4 is 78.7 Å². The summed E-state index contributed by atoms with van der Waals surface area (Å²) in [5.41, 5.74) is 27.6. The van der Waals surface area contributed by atoms with Crippen molar-refractivity contribution in [3.63, 3.8) is 0 Å². The summed E-state index contributed by atoms with van der Waals surface area (Å²) in [6, 6.07) is 49.4. The van der Waals surface area contributed by atoms with Gasteiger partial charge in [0, 0.05) is 81.6 Å². The minimum Gasteiger partial charge on any atom is -0.265 e.